The minimum absolute atomic E-state index is 0.411. The molecule has 2 aromatic rings. The topological polar surface area (TPSA) is 41.9 Å². The number of anilines is 1. The molecule has 0 bridgehead atoms. The molecule has 0 aliphatic rings. The summed E-state index contributed by atoms with van der Waals surface area (Å²) < 4.78 is 0. The highest BCUT2D eigenvalue weighted by molar-refractivity contribution is 5.70. The van der Waals surface area contributed by atoms with Crippen LogP contribution in [0.1, 0.15) is 13.8 Å². The lowest BCUT2D eigenvalue weighted by atomic mass is 10.3. The zero-order valence-electron chi connectivity index (χ0n) is 9.18. The molecule has 0 N–H and O–H groups in total. The Morgan fingerprint density at radius 1 is 1.27 bits per heavy atom. The number of fused-ring (bicyclic) bond motifs is 1. The maximum absolute atomic E-state index is 4.50. The summed E-state index contributed by atoms with van der Waals surface area (Å²) in [7, 11) is 2.01. The van der Waals surface area contributed by atoms with Gasteiger partial charge in [-0.3, -0.25) is 0 Å². The summed E-state index contributed by atoms with van der Waals surface area (Å²) in [6.07, 6.45) is 3.48. The van der Waals surface area contributed by atoms with Crippen molar-refractivity contribution in [2.75, 3.05) is 11.9 Å². The van der Waals surface area contributed by atoms with Crippen LogP contribution >= 0.6 is 0 Å². The smallest absolute Gasteiger partial charge is 0.178 e. The molecule has 0 aliphatic carbocycles. The van der Waals surface area contributed by atoms with Crippen molar-refractivity contribution in [2.24, 2.45) is 0 Å². The standard InChI is InChI=1S/C11H14N4/c1-8(2)15(3)10-7-13-11-9(14-10)5-4-6-12-11/h4-8H,1-3H3. The van der Waals surface area contributed by atoms with Crippen LogP contribution in [0.25, 0.3) is 11.2 Å². The van der Waals surface area contributed by atoms with Gasteiger partial charge in [0.25, 0.3) is 0 Å². The third kappa shape index (κ3) is 1.88. The second kappa shape index (κ2) is 3.81. The number of pyridine rings is 1. The third-order valence-electron chi connectivity index (χ3n) is 2.44. The van der Waals surface area contributed by atoms with Crippen molar-refractivity contribution in [2.45, 2.75) is 19.9 Å². The molecule has 4 heteroatoms. The lowest BCUT2D eigenvalue weighted by Gasteiger charge is -2.21. The second-order valence-corrected chi connectivity index (χ2v) is 3.78. The van der Waals surface area contributed by atoms with Gasteiger partial charge in [-0.1, -0.05) is 0 Å². The van der Waals surface area contributed by atoms with E-state index in [9.17, 15) is 0 Å². The first-order chi connectivity index (χ1) is 7.18. The Bertz CT molecular complexity index is 467. The molecule has 0 unspecified atom stereocenters. The first kappa shape index (κ1) is 9.83. The van der Waals surface area contributed by atoms with Gasteiger partial charge in [0.1, 0.15) is 11.3 Å². The second-order valence-electron chi connectivity index (χ2n) is 3.78. The maximum Gasteiger partial charge on any atom is 0.178 e. The minimum atomic E-state index is 0.411. The van der Waals surface area contributed by atoms with Crippen molar-refractivity contribution >= 4 is 17.0 Å². The maximum atomic E-state index is 4.50. The summed E-state index contributed by atoms with van der Waals surface area (Å²) in [5.74, 6) is 0.880. The molecule has 4 nitrogen and oxygen atoms in total. The van der Waals surface area contributed by atoms with E-state index in [-0.39, 0.29) is 0 Å². The van der Waals surface area contributed by atoms with E-state index in [1.807, 2.05) is 19.2 Å². The monoisotopic (exact) mass is 202 g/mol. The van der Waals surface area contributed by atoms with Gasteiger partial charge in [-0.2, -0.15) is 0 Å². The van der Waals surface area contributed by atoms with E-state index < -0.39 is 0 Å². The summed E-state index contributed by atoms with van der Waals surface area (Å²) in [6.45, 7) is 4.24. The summed E-state index contributed by atoms with van der Waals surface area (Å²) in [4.78, 5) is 15.0. The van der Waals surface area contributed by atoms with Crippen molar-refractivity contribution < 1.29 is 0 Å². The van der Waals surface area contributed by atoms with E-state index in [2.05, 4.69) is 33.7 Å². The van der Waals surface area contributed by atoms with Crippen molar-refractivity contribution in [3.05, 3.63) is 24.5 Å². The zero-order valence-corrected chi connectivity index (χ0v) is 9.18. The zero-order chi connectivity index (χ0) is 10.8. The van der Waals surface area contributed by atoms with Crippen LogP contribution < -0.4 is 4.90 Å². The lowest BCUT2D eigenvalue weighted by Crippen LogP contribution is -2.26. The van der Waals surface area contributed by atoms with Gasteiger partial charge < -0.3 is 4.90 Å². The van der Waals surface area contributed by atoms with Crippen LogP contribution in [-0.4, -0.2) is 28.0 Å². The molecule has 0 saturated heterocycles. The number of aromatic nitrogens is 3. The Hall–Kier alpha value is -1.71. The number of hydrogen-bond donors (Lipinski definition) is 0. The highest BCUT2D eigenvalue weighted by Crippen LogP contribution is 2.13. The van der Waals surface area contributed by atoms with E-state index in [1.165, 1.54) is 0 Å². The minimum Gasteiger partial charge on any atom is -0.356 e. The molecular formula is C11H14N4. The molecule has 0 spiro atoms. The molecule has 0 fully saturated rings. The molecule has 2 rings (SSSR count). The van der Waals surface area contributed by atoms with Gasteiger partial charge in [0.15, 0.2) is 5.65 Å². The van der Waals surface area contributed by atoms with Gasteiger partial charge in [0.2, 0.25) is 0 Å². The molecule has 2 heterocycles. The Morgan fingerprint density at radius 2 is 2.07 bits per heavy atom. The van der Waals surface area contributed by atoms with Crippen molar-refractivity contribution in [1.29, 1.82) is 0 Å². The summed E-state index contributed by atoms with van der Waals surface area (Å²) in [6, 6.07) is 4.21. The number of rotatable bonds is 2. The van der Waals surface area contributed by atoms with Gasteiger partial charge in [-0.25, -0.2) is 15.0 Å². The molecule has 0 atom stereocenters. The van der Waals surface area contributed by atoms with E-state index >= 15 is 0 Å². The number of hydrogen-bond acceptors (Lipinski definition) is 4. The van der Waals surface area contributed by atoms with Gasteiger partial charge in [-0.05, 0) is 26.0 Å². The van der Waals surface area contributed by atoms with Gasteiger partial charge >= 0.3 is 0 Å². The molecule has 0 radical (unpaired) electrons. The van der Waals surface area contributed by atoms with Crippen LogP contribution in [0.2, 0.25) is 0 Å². The van der Waals surface area contributed by atoms with Crippen LogP contribution in [-0.2, 0) is 0 Å². The molecule has 0 aromatic carbocycles. The normalized spacial score (nSPS) is 10.9. The van der Waals surface area contributed by atoms with Crippen molar-refractivity contribution in [1.82, 2.24) is 15.0 Å². The summed E-state index contributed by atoms with van der Waals surface area (Å²) in [5, 5.41) is 0. The van der Waals surface area contributed by atoms with E-state index in [1.54, 1.807) is 12.4 Å². The first-order valence-electron chi connectivity index (χ1n) is 4.99. The molecule has 0 aliphatic heterocycles. The average molecular weight is 202 g/mol. The summed E-state index contributed by atoms with van der Waals surface area (Å²) >= 11 is 0. The molecule has 2 aromatic heterocycles. The highest BCUT2D eigenvalue weighted by Gasteiger charge is 2.07. The largest absolute Gasteiger partial charge is 0.356 e. The third-order valence-corrected chi connectivity index (χ3v) is 2.44. The SMILES string of the molecule is CC(C)N(C)c1cnc2ncccc2n1. The van der Waals surface area contributed by atoms with Crippen LogP contribution in [0, 0.1) is 0 Å². The van der Waals surface area contributed by atoms with Crippen LogP contribution in [0.4, 0.5) is 5.82 Å². The van der Waals surface area contributed by atoms with Crippen LogP contribution in [0.5, 0.6) is 0 Å². The van der Waals surface area contributed by atoms with Gasteiger partial charge in [0, 0.05) is 19.3 Å². The predicted molar refractivity (Wildman–Crippen MR) is 60.9 cm³/mol. The molecule has 15 heavy (non-hydrogen) atoms. The van der Waals surface area contributed by atoms with Crippen molar-refractivity contribution in [3.63, 3.8) is 0 Å². The Labute approximate surface area is 89.0 Å². The van der Waals surface area contributed by atoms with Gasteiger partial charge in [-0.15, -0.1) is 0 Å². The summed E-state index contributed by atoms with van der Waals surface area (Å²) in [5.41, 5.74) is 1.53. The first-order valence-corrected chi connectivity index (χ1v) is 4.99. The molecule has 0 saturated carbocycles. The Kier molecular flexibility index (Phi) is 2.49. The van der Waals surface area contributed by atoms with E-state index in [0.29, 0.717) is 11.7 Å². The fraction of sp³-hybridized carbons (Fsp3) is 0.364. The highest BCUT2D eigenvalue weighted by atomic mass is 15.2. The lowest BCUT2D eigenvalue weighted by molar-refractivity contribution is 0.743. The molecule has 0 amide bonds. The predicted octanol–water partition coefficient (Wildman–Crippen LogP) is 1.87. The average Bonchev–Trinajstić information content (AvgIpc) is 2.27. The van der Waals surface area contributed by atoms with E-state index in [0.717, 1.165) is 11.3 Å². The van der Waals surface area contributed by atoms with E-state index in [4.69, 9.17) is 0 Å². The van der Waals surface area contributed by atoms with Gasteiger partial charge in [0.05, 0.1) is 6.20 Å². The van der Waals surface area contributed by atoms with Crippen molar-refractivity contribution in [3.8, 4) is 0 Å². The number of nitrogens with zero attached hydrogens (tertiary/aromatic N) is 4. The fourth-order valence-electron chi connectivity index (χ4n) is 1.28. The fourth-order valence-corrected chi connectivity index (χ4v) is 1.28. The van der Waals surface area contributed by atoms with Crippen LogP contribution in [0.3, 0.4) is 0 Å². The molecular weight excluding hydrogens is 188 g/mol. The van der Waals surface area contributed by atoms with Crippen LogP contribution in [0.15, 0.2) is 24.5 Å². The molecule has 78 valence electrons. The quantitative estimate of drug-likeness (QED) is 0.745. The Morgan fingerprint density at radius 3 is 2.80 bits per heavy atom. The Balaban J connectivity index is 2.47.